The highest BCUT2D eigenvalue weighted by molar-refractivity contribution is 5.78. The van der Waals surface area contributed by atoms with Crippen molar-refractivity contribution in [3.63, 3.8) is 0 Å². The molecular weight excluding hydrogens is 392 g/mol. The van der Waals surface area contributed by atoms with Gasteiger partial charge in [0.2, 0.25) is 5.91 Å². The van der Waals surface area contributed by atoms with Gasteiger partial charge in [-0.05, 0) is 62.2 Å². The zero-order chi connectivity index (χ0) is 21.9. The second kappa shape index (κ2) is 12.3. The maximum absolute atomic E-state index is 12.3. The van der Waals surface area contributed by atoms with E-state index in [9.17, 15) is 4.79 Å². The lowest BCUT2D eigenvalue weighted by molar-refractivity contribution is -0.120. The van der Waals surface area contributed by atoms with Crippen molar-refractivity contribution in [3.8, 4) is 11.5 Å². The summed E-state index contributed by atoms with van der Waals surface area (Å²) in [5.74, 6) is 1.65. The van der Waals surface area contributed by atoms with Gasteiger partial charge in [-0.25, -0.2) is 0 Å². The molecule has 0 spiro atoms. The molecule has 2 aromatic carbocycles. The van der Waals surface area contributed by atoms with Crippen molar-refractivity contribution in [1.29, 1.82) is 0 Å². The van der Waals surface area contributed by atoms with Crippen LogP contribution in [0, 0.1) is 0 Å². The lowest BCUT2D eigenvalue weighted by Gasteiger charge is -2.31. The Morgan fingerprint density at radius 1 is 1.06 bits per heavy atom. The number of nitrogens with zero attached hydrogens (tertiary/aromatic N) is 1. The molecule has 0 atom stereocenters. The monoisotopic (exact) mass is 426 g/mol. The Morgan fingerprint density at radius 3 is 2.58 bits per heavy atom. The molecule has 0 radical (unpaired) electrons. The minimum Gasteiger partial charge on any atom is -0.494 e. The van der Waals surface area contributed by atoms with Crippen LogP contribution >= 0.6 is 0 Å². The summed E-state index contributed by atoms with van der Waals surface area (Å²) in [5.41, 5.74) is 1.99. The maximum Gasteiger partial charge on any atom is 0.224 e. The third-order valence-corrected chi connectivity index (χ3v) is 5.51. The van der Waals surface area contributed by atoms with Gasteiger partial charge in [0.15, 0.2) is 0 Å². The molecule has 0 bridgehead atoms. The number of rotatable bonds is 11. The van der Waals surface area contributed by atoms with Crippen molar-refractivity contribution < 1.29 is 19.0 Å². The fourth-order valence-electron chi connectivity index (χ4n) is 3.68. The normalized spacial score (nSPS) is 14.4. The van der Waals surface area contributed by atoms with Crippen LogP contribution in [0.15, 0.2) is 48.5 Å². The third-order valence-electron chi connectivity index (χ3n) is 5.51. The van der Waals surface area contributed by atoms with Gasteiger partial charge in [-0.15, -0.1) is 0 Å². The van der Waals surface area contributed by atoms with E-state index in [0.29, 0.717) is 32.2 Å². The summed E-state index contributed by atoms with van der Waals surface area (Å²) in [6.07, 6.45) is 2.52. The number of amides is 1. The van der Waals surface area contributed by atoms with Crippen LogP contribution in [0.3, 0.4) is 0 Å². The highest BCUT2D eigenvalue weighted by Gasteiger charge is 2.18. The molecule has 1 aliphatic rings. The van der Waals surface area contributed by atoms with Gasteiger partial charge >= 0.3 is 0 Å². The van der Waals surface area contributed by atoms with Crippen LogP contribution < -0.4 is 14.8 Å². The van der Waals surface area contributed by atoms with E-state index in [4.69, 9.17) is 14.2 Å². The predicted molar refractivity (Wildman–Crippen MR) is 122 cm³/mol. The highest BCUT2D eigenvalue weighted by Crippen LogP contribution is 2.16. The van der Waals surface area contributed by atoms with Gasteiger partial charge in [0, 0.05) is 32.3 Å². The molecule has 31 heavy (non-hydrogen) atoms. The van der Waals surface area contributed by atoms with E-state index in [1.807, 2.05) is 55.5 Å². The van der Waals surface area contributed by atoms with Crippen molar-refractivity contribution in [2.24, 2.45) is 0 Å². The number of carbonyl (C=O) groups is 1. The molecule has 2 aromatic rings. The van der Waals surface area contributed by atoms with Crippen LogP contribution in [0.4, 0.5) is 0 Å². The molecule has 1 heterocycles. The molecule has 3 rings (SSSR count). The van der Waals surface area contributed by atoms with Gasteiger partial charge < -0.3 is 19.5 Å². The standard InChI is InChI=1S/C25H34N2O4/c1-3-30-23-9-7-20(8-10-23)18-25(28)26-19-21-5-4-6-24(17-21)31-16-13-27(2)22-11-14-29-15-12-22/h4-10,17,22H,3,11-16,18-19H2,1-2H3,(H,26,28). The summed E-state index contributed by atoms with van der Waals surface area (Å²) < 4.78 is 16.8. The summed E-state index contributed by atoms with van der Waals surface area (Å²) in [6.45, 7) is 6.29. The first-order valence-corrected chi connectivity index (χ1v) is 11.1. The molecule has 168 valence electrons. The van der Waals surface area contributed by atoms with Crippen LogP contribution in [0.5, 0.6) is 11.5 Å². The van der Waals surface area contributed by atoms with Gasteiger partial charge in [-0.1, -0.05) is 24.3 Å². The smallest absolute Gasteiger partial charge is 0.224 e. The highest BCUT2D eigenvalue weighted by atomic mass is 16.5. The van der Waals surface area contributed by atoms with E-state index in [1.165, 1.54) is 0 Å². The van der Waals surface area contributed by atoms with Crippen LogP contribution in [0.1, 0.15) is 30.9 Å². The van der Waals surface area contributed by atoms with E-state index < -0.39 is 0 Å². The number of likely N-dealkylation sites (N-methyl/N-ethyl adjacent to an activating group) is 1. The Kier molecular flexibility index (Phi) is 9.18. The number of nitrogens with one attached hydrogen (secondary N) is 1. The molecule has 0 unspecified atom stereocenters. The predicted octanol–water partition coefficient (Wildman–Crippen LogP) is 3.43. The molecule has 6 heteroatoms. The van der Waals surface area contributed by atoms with Gasteiger partial charge in [0.25, 0.3) is 0 Å². The van der Waals surface area contributed by atoms with Crippen LogP contribution in [-0.2, 0) is 22.5 Å². The lowest BCUT2D eigenvalue weighted by Crippen LogP contribution is -2.38. The summed E-state index contributed by atoms with van der Waals surface area (Å²) in [5, 5.41) is 2.99. The van der Waals surface area contributed by atoms with Crippen LogP contribution in [-0.4, -0.2) is 56.9 Å². The van der Waals surface area contributed by atoms with E-state index in [1.54, 1.807) is 0 Å². The fraction of sp³-hybridized carbons (Fsp3) is 0.480. The van der Waals surface area contributed by atoms with Gasteiger partial charge in [-0.2, -0.15) is 0 Å². The number of hydrogen-bond acceptors (Lipinski definition) is 5. The largest absolute Gasteiger partial charge is 0.494 e. The molecule has 6 nitrogen and oxygen atoms in total. The number of benzene rings is 2. The van der Waals surface area contributed by atoms with Crippen molar-refractivity contribution in [2.45, 2.75) is 38.8 Å². The number of ether oxygens (including phenoxy) is 3. The Balaban J connectivity index is 1.39. The molecule has 0 aromatic heterocycles. The number of carbonyl (C=O) groups excluding carboxylic acids is 1. The molecule has 1 saturated heterocycles. The Bertz CT molecular complexity index is 803. The second-order valence-corrected chi connectivity index (χ2v) is 7.85. The van der Waals surface area contributed by atoms with Crippen molar-refractivity contribution in [1.82, 2.24) is 10.2 Å². The van der Waals surface area contributed by atoms with Crippen molar-refractivity contribution in [3.05, 3.63) is 59.7 Å². The second-order valence-electron chi connectivity index (χ2n) is 7.85. The fourth-order valence-corrected chi connectivity index (χ4v) is 3.68. The van der Waals surface area contributed by atoms with E-state index in [0.717, 1.165) is 55.2 Å². The average molecular weight is 427 g/mol. The van der Waals surface area contributed by atoms with E-state index in [-0.39, 0.29) is 5.91 Å². The first-order chi connectivity index (χ1) is 15.1. The van der Waals surface area contributed by atoms with Gasteiger partial charge in [0.05, 0.1) is 13.0 Å². The molecule has 1 amide bonds. The van der Waals surface area contributed by atoms with E-state index >= 15 is 0 Å². The van der Waals surface area contributed by atoms with E-state index in [2.05, 4.69) is 17.3 Å². The minimum atomic E-state index is -0.00596. The minimum absolute atomic E-state index is 0.00596. The maximum atomic E-state index is 12.3. The molecule has 0 aliphatic carbocycles. The summed E-state index contributed by atoms with van der Waals surface area (Å²) >= 11 is 0. The topological polar surface area (TPSA) is 60.0 Å². The van der Waals surface area contributed by atoms with Crippen molar-refractivity contribution >= 4 is 5.91 Å². The Morgan fingerprint density at radius 2 is 1.84 bits per heavy atom. The zero-order valence-corrected chi connectivity index (χ0v) is 18.6. The quantitative estimate of drug-likeness (QED) is 0.597. The molecule has 1 fully saturated rings. The van der Waals surface area contributed by atoms with Gasteiger partial charge in [0.1, 0.15) is 18.1 Å². The SMILES string of the molecule is CCOc1ccc(CC(=O)NCc2cccc(OCCN(C)C3CCOCC3)c2)cc1. The third kappa shape index (κ3) is 7.89. The van der Waals surface area contributed by atoms with Crippen molar-refractivity contribution in [2.75, 3.05) is 40.0 Å². The molecular formula is C25H34N2O4. The summed E-state index contributed by atoms with van der Waals surface area (Å²) in [6, 6.07) is 16.1. The average Bonchev–Trinajstić information content (AvgIpc) is 2.80. The number of hydrogen-bond donors (Lipinski definition) is 1. The van der Waals surface area contributed by atoms with Crippen LogP contribution in [0.2, 0.25) is 0 Å². The first kappa shape index (κ1) is 23.1. The summed E-state index contributed by atoms with van der Waals surface area (Å²) in [7, 11) is 2.15. The van der Waals surface area contributed by atoms with Gasteiger partial charge in [-0.3, -0.25) is 9.69 Å². The first-order valence-electron chi connectivity index (χ1n) is 11.1. The van der Waals surface area contributed by atoms with Crippen LogP contribution in [0.25, 0.3) is 0 Å². The summed E-state index contributed by atoms with van der Waals surface area (Å²) in [4.78, 5) is 14.6. The lowest BCUT2D eigenvalue weighted by atomic mass is 10.1. The zero-order valence-electron chi connectivity index (χ0n) is 18.6. The molecule has 1 aliphatic heterocycles. The molecule has 0 saturated carbocycles. The molecule has 1 N–H and O–H groups in total. The Hall–Kier alpha value is -2.57. The Labute approximate surface area is 185 Å².